The van der Waals surface area contributed by atoms with E-state index in [1.54, 1.807) is 0 Å². The molecule has 0 saturated carbocycles. The Labute approximate surface area is 226 Å². The zero-order valence-corrected chi connectivity index (χ0v) is 23.9. The smallest absolute Gasteiger partial charge is 0.287 e. The molecule has 0 fully saturated rings. The maximum absolute atomic E-state index is 6.97. The molecule has 0 spiro atoms. The maximum Gasteiger partial charge on any atom is 0.287 e. The van der Waals surface area contributed by atoms with Crippen molar-refractivity contribution in [2.45, 2.75) is 60.8 Å². The van der Waals surface area contributed by atoms with Gasteiger partial charge in [0.05, 0.1) is 12.6 Å². The summed E-state index contributed by atoms with van der Waals surface area (Å²) in [5.74, 6) is 2.39. The Kier molecular flexibility index (Phi) is 5.61. The van der Waals surface area contributed by atoms with Crippen LogP contribution in [0.25, 0.3) is 44.1 Å². The summed E-state index contributed by atoms with van der Waals surface area (Å²) in [7, 11) is 2.10. The SMILES string of the molecule is Cc1ccc2c(CC(C)(C)C)c3c(c(C)c2c1)-c1c2c(cc(-c4ccc(C(C)C)cc4)cc2nc[n+]1C)O3. The second kappa shape index (κ2) is 8.66. The molecule has 3 nitrogen and oxygen atoms in total. The highest BCUT2D eigenvalue weighted by atomic mass is 16.5. The molecule has 0 saturated heterocycles. The topological polar surface area (TPSA) is 26.0 Å². The van der Waals surface area contributed by atoms with Crippen molar-refractivity contribution in [3.8, 4) is 33.9 Å². The normalized spacial score (nSPS) is 12.8. The summed E-state index contributed by atoms with van der Waals surface area (Å²) >= 11 is 0. The molecule has 0 bridgehead atoms. The first-order valence-electron chi connectivity index (χ1n) is 13.7. The van der Waals surface area contributed by atoms with Crippen LogP contribution in [0.5, 0.6) is 11.5 Å². The van der Waals surface area contributed by atoms with Crippen LogP contribution in [0.1, 0.15) is 62.8 Å². The number of aromatic nitrogens is 2. The summed E-state index contributed by atoms with van der Waals surface area (Å²) < 4.78 is 9.14. The predicted octanol–water partition coefficient (Wildman–Crippen LogP) is 8.98. The summed E-state index contributed by atoms with van der Waals surface area (Å²) in [5.41, 5.74) is 10.9. The van der Waals surface area contributed by atoms with E-state index in [1.165, 1.54) is 49.8 Å². The van der Waals surface area contributed by atoms with E-state index in [0.29, 0.717) is 5.92 Å². The van der Waals surface area contributed by atoms with Crippen molar-refractivity contribution >= 4 is 21.7 Å². The summed E-state index contributed by atoms with van der Waals surface area (Å²) in [4.78, 5) is 4.86. The standard InChI is InChI=1S/C35H37N2O/c1-20(2)23-10-12-24(13-11-23)25-16-29-32-30(17-25)38-34-28(18-35(5,6)7)26-14-9-21(3)15-27(26)22(4)31(34)33(32)37(8)19-36-29/h9-17,19-20H,18H2,1-8H3/q+1. The number of nitrogens with zero attached hydrogens (tertiary/aromatic N) is 2. The minimum atomic E-state index is 0.111. The quantitative estimate of drug-likeness (QED) is 0.226. The van der Waals surface area contributed by atoms with E-state index in [0.717, 1.165) is 34.4 Å². The Morgan fingerprint density at radius 3 is 2.32 bits per heavy atom. The average molecular weight is 502 g/mol. The zero-order valence-electron chi connectivity index (χ0n) is 23.9. The number of hydrogen-bond donors (Lipinski definition) is 0. The molecule has 38 heavy (non-hydrogen) atoms. The van der Waals surface area contributed by atoms with E-state index < -0.39 is 0 Å². The molecule has 5 aromatic rings. The van der Waals surface area contributed by atoms with Crippen molar-refractivity contribution in [2.24, 2.45) is 12.5 Å². The highest BCUT2D eigenvalue weighted by Crippen LogP contribution is 2.52. The van der Waals surface area contributed by atoms with Gasteiger partial charge in [0, 0.05) is 5.56 Å². The number of hydrogen-bond acceptors (Lipinski definition) is 2. The molecule has 0 N–H and O–H groups in total. The Morgan fingerprint density at radius 1 is 0.895 bits per heavy atom. The summed E-state index contributed by atoms with van der Waals surface area (Å²) in [6.07, 6.45) is 2.88. The van der Waals surface area contributed by atoms with Crippen LogP contribution < -0.4 is 9.30 Å². The first-order valence-corrected chi connectivity index (χ1v) is 13.7. The third kappa shape index (κ3) is 3.96. The molecule has 0 amide bonds. The molecule has 0 unspecified atom stereocenters. The third-order valence-electron chi connectivity index (χ3n) is 7.89. The third-order valence-corrected chi connectivity index (χ3v) is 7.89. The Balaban J connectivity index is 1.66. The molecule has 2 heterocycles. The van der Waals surface area contributed by atoms with Crippen molar-refractivity contribution in [2.75, 3.05) is 0 Å². The van der Waals surface area contributed by atoms with Gasteiger partial charge in [-0.2, -0.15) is 0 Å². The van der Waals surface area contributed by atoms with Gasteiger partial charge in [0.25, 0.3) is 6.33 Å². The molecule has 1 aromatic heterocycles. The van der Waals surface area contributed by atoms with Crippen molar-refractivity contribution in [1.29, 1.82) is 0 Å². The maximum atomic E-state index is 6.97. The predicted molar refractivity (Wildman–Crippen MR) is 158 cm³/mol. The first-order chi connectivity index (χ1) is 18.0. The number of rotatable bonds is 3. The van der Waals surface area contributed by atoms with Gasteiger partial charge < -0.3 is 4.74 Å². The number of aryl methyl sites for hydroxylation is 3. The van der Waals surface area contributed by atoms with E-state index in [2.05, 4.69) is 115 Å². The van der Waals surface area contributed by atoms with Gasteiger partial charge in [-0.1, -0.05) is 82.6 Å². The van der Waals surface area contributed by atoms with E-state index in [4.69, 9.17) is 9.72 Å². The van der Waals surface area contributed by atoms with Gasteiger partial charge in [0.1, 0.15) is 16.9 Å². The lowest BCUT2D eigenvalue weighted by molar-refractivity contribution is -0.662. The molecule has 0 radical (unpaired) electrons. The van der Waals surface area contributed by atoms with Gasteiger partial charge >= 0.3 is 0 Å². The summed E-state index contributed by atoms with van der Waals surface area (Å²) in [6.45, 7) is 15.8. The summed E-state index contributed by atoms with van der Waals surface area (Å²) in [5, 5.41) is 3.68. The van der Waals surface area contributed by atoms with Crippen LogP contribution in [0.4, 0.5) is 0 Å². The molecule has 0 atom stereocenters. The summed E-state index contributed by atoms with van der Waals surface area (Å²) in [6, 6.07) is 20.1. The van der Waals surface area contributed by atoms with Gasteiger partial charge in [0.2, 0.25) is 0 Å². The van der Waals surface area contributed by atoms with Crippen LogP contribution in [0, 0.1) is 19.3 Å². The van der Waals surface area contributed by atoms with Crippen LogP contribution in [-0.2, 0) is 13.5 Å². The van der Waals surface area contributed by atoms with Crippen LogP contribution in [0.2, 0.25) is 0 Å². The van der Waals surface area contributed by atoms with Crippen molar-refractivity contribution < 1.29 is 9.30 Å². The second-order valence-electron chi connectivity index (χ2n) is 12.5. The lowest BCUT2D eigenvalue weighted by atomic mass is 9.81. The van der Waals surface area contributed by atoms with Gasteiger partial charge in [-0.25, -0.2) is 4.57 Å². The molecule has 192 valence electrons. The van der Waals surface area contributed by atoms with Crippen molar-refractivity contribution in [3.05, 3.63) is 83.2 Å². The molecule has 4 aromatic carbocycles. The van der Waals surface area contributed by atoms with E-state index >= 15 is 0 Å². The van der Waals surface area contributed by atoms with E-state index in [1.807, 2.05) is 6.33 Å². The molecule has 3 heteroatoms. The van der Waals surface area contributed by atoms with Gasteiger partial charge in [-0.3, -0.25) is 0 Å². The lowest BCUT2D eigenvalue weighted by Gasteiger charge is -2.28. The molecule has 1 aliphatic heterocycles. The highest BCUT2D eigenvalue weighted by Gasteiger charge is 2.33. The molecular formula is C35H37N2O+. The number of benzene rings is 4. The fraction of sp³-hybridized carbons (Fsp3) is 0.314. The zero-order chi connectivity index (χ0) is 26.9. The molecule has 1 aliphatic rings. The van der Waals surface area contributed by atoms with Crippen LogP contribution >= 0.6 is 0 Å². The van der Waals surface area contributed by atoms with Crippen LogP contribution in [0.15, 0.2) is 60.9 Å². The van der Waals surface area contributed by atoms with E-state index in [9.17, 15) is 0 Å². The molecule has 6 rings (SSSR count). The van der Waals surface area contributed by atoms with Crippen molar-refractivity contribution in [3.63, 3.8) is 0 Å². The Morgan fingerprint density at radius 2 is 1.63 bits per heavy atom. The van der Waals surface area contributed by atoms with Crippen molar-refractivity contribution in [1.82, 2.24) is 4.98 Å². The Hall–Kier alpha value is -3.72. The fourth-order valence-corrected chi connectivity index (χ4v) is 5.96. The minimum Gasteiger partial charge on any atom is -0.455 e. The average Bonchev–Trinajstić information content (AvgIpc) is 2.87. The van der Waals surface area contributed by atoms with Gasteiger partial charge in [-0.15, -0.1) is 0 Å². The van der Waals surface area contributed by atoms with E-state index in [-0.39, 0.29) is 5.41 Å². The second-order valence-corrected chi connectivity index (χ2v) is 12.5. The largest absolute Gasteiger partial charge is 0.455 e. The number of fused-ring (bicyclic) bond motifs is 3. The monoisotopic (exact) mass is 501 g/mol. The Bertz CT molecular complexity index is 1740. The van der Waals surface area contributed by atoms with Gasteiger partial charge in [0.15, 0.2) is 11.2 Å². The fourth-order valence-electron chi connectivity index (χ4n) is 5.96. The van der Waals surface area contributed by atoms with Crippen LogP contribution in [0.3, 0.4) is 0 Å². The highest BCUT2D eigenvalue weighted by molar-refractivity contribution is 6.06. The lowest BCUT2D eigenvalue weighted by Crippen LogP contribution is -2.33. The number of ether oxygens (including phenoxy) is 1. The first kappa shape index (κ1) is 24.6. The molecule has 0 aliphatic carbocycles. The van der Waals surface area contributed by atoms with Gasteiger partial charge in [-0.05, 0) is 81.7 Å². The molecular weight excluding hydrogens is 464 g/mol. The van der Waals surface area contributed by atoms with Crippen LogP contribution in [-0.4, -0.2) is 4.98 Å². The minimum absolute atomic E-state index is 0.111.